The second-order valence-electron chi connectivity index (χ2n) is 4.79. The summed E-state index contributed by atoms with van der Waals surface area (Å²) in [5.74, 6) is 1.90. The lowest BCUT2D eigenvalue weighted by molar-refractivity contribution is 0.566. The fraction of sp³-hybridized carbons (Fsp3) is 0.538. The van der Waals surface area contributed by atoms with Crippen molar-refractivity contribution in [2.24, 2.45) is 0 Å². The minimum Gasteiger partial charge on any atom is -0.354 e. The monoisotopic (exact) mass is 273 g/mol. The van der Waals surface area contributed by atoms with Gasteiger partial charge in [-0.1, -0.05) is 0 Å². The zero-order valence-electron chi connectivity index (χ0n) is 11.7. The zero-order chi connectivity index (χ0) is 13.8. The number of aromatic nitrogens is 5. The number of hydrogen-bond donors (Lipinski definition) is 1. The van der Waals surface area contributed by atoms with Crippen molar-refractivity contribution in [1.29, 1.82) is 0 Å². The van der Waals surface area contributed by atoms with E-state index in [1.165, 1.54) is 19.3 Å². The van der Waals surface area contributed by atoms with Crippen LogP contribution in [0.25, 0.3) is 5.95 Å². The number of piperidine rings is 1. The Labute approximate surface area is 118 Å². The highest BCUT2D eigenvalue weighted by Gasteiger charge is 2.16. The van der Waals surface area contributed by atoms with Crippen LogP contribution in [0.3, 0.4) is 0 Å². The summed E-state index contributed by atoms with van der Waals surface area (Å²) in [6.45, 7) is 4.82. The third kappa shape index (κ3) is 2.71. The first-order chi connectivity index (χ1) is 9.86. The van der Waals surface area contributed by atoms with Crippen molar-refractivity contribution in [2.75, 3.05) is 29.9 Å². The van der Waals surface area contributed by atoms with Crippen LogP contribution in [0.5, 0.6) is 0 Å². The molecule has 106 valence electrons. The van der Waals surface area contributed by atoms with Crippen LogP contribution in [0, 0.1) is 0 Å². The molecule has 20 heavy (non-hydrogen) atoms. The molecule has 1 N–H and O–H groups in total. The lowest BCUT2D eigenvalue weighted by atomic mass is 10.1. The molecular weight excluding hydrogens is 254 g/mol. The van der Waals surface area contributed by atoms with Crippen molar-refractivity contribution in [2.45, 2.75) is 26.2 Å². The van der Waals surface area contributed by atoms with Crippen LogP contribution in [0.1, 0.15) is 26.2 Å². The molecule has 0 aromatic carbocycles. The smallest absolute Gasteiger partial charge is 0.257 e. The molecule has 1 aliphatic heterocycles. The van der Waals surface area contributed by atoms with Crippen molar-refractivity contribution >= 4 is 11.9 Å². The van der Waals surface area contributed by atoms with Crippen LogP contribution in [-0.4, -0.2) is 44.4 Å². The van der Waals surface area contributed by atoms with Gasteiger partial charge in [-0.2, -0.15) is 20.1 Å². The number of nitrogens with zero attached hydrogens (tertiary/aromatic N) is 6. The molecule has 7 heteroatoms. The van der Waals surface area contributed by atoms with Crippen molar-refractivity contribution in [1.82, 2.24) is 24.7 Å². The Morgan fingerprint density at radius 2 is 1.90 bits per heavy atom. The number of hydrogen-bond acceptors (Lipinski definition) is 6. The van der Waals surface area contributed by atoms with Gasteiger partial charge in [-0.15, -0.1) is 0 Å². The normalized spacial score (nSPS) is 15.3. The molecule has 1 fully saturated rings. The molecule has 0 saturated carbocycles. The molecule has 7 nitrogen and oxygen atoms in total. The molecule has 3 heterocycles. The fourth-order valence-electron chi connectivity index (χ4n) is 2.32. The molecule has 1 saturated heterocycles. The molecule has 0 unspecified atom stereocenters. The Kier molecular flexibility index (Phi) is 3.76. The molecule has 0 bridgehead atoms. The first-order valence-corrected chi connectivity index (χ1v) is 7.12. The minimum absolute atomic E-state index is 0.557. The van der Waals surface area contributed by atoms with E-state index in [0.29, 0.717) is 11.9 Å². The lowest BCUT2D eigenvalue weighted by Gasteiger charge is -2.26. The largest absolute Gasteiger partial charge is 0.354 e. The fourth-order valence-corrected chi connectivity index (χ4v) is 2.32. The molecular formula is C13H19N7. The lowest BCUT2D eigenvalue weighted by Crippen LogP contribution is -2.31. The van der Waals surface area contributed by atoms with Gasteiger partial charge in [-0.25, -0.2) is 4.68 Å². The van der Waals surface area contributed by atoms with Crippen molar-refractivity contribution in [3.8, 4) is 5.95 Å². The Hall–Kier alpha value is -2.18. The van der Waals surface area contributed by atoms with E-state index in [4.69, 9.17) is 0 Å². The van der Waals surface area contributed by atoms with Gasteiger partial charge in [0.05, 0.1) is 0 Å². The zero-order valence-corrected chi connectivity index (χ0v) is 11.7. The number of nitrogens with one attached hydrogen (secondary N) is 1. The van der Waals surface area contributed by atoms with Gasteiger partial charge in [-0.3, -0.25) is 0 Å². The summed E-state index contributed by atoms with van der Waals surface area (Å²) >= 11 is 0. The van der Waals surface area contributed by atoms with E-state index in [0.717, 1.165) is 25.6 Å². The third-order valence-corrected chi connectivity index (χ3v) is 3.29. The van der Waals surface area contributed by atoms with Crippen LogP contribution in [0.2, 0.25) is 0 Å². The summed E-state index contributed by atoms with van der Waals surface area (Å²) in [6.07, 6.45) is 7.23. The first kappa shape index (κ1) is 12.8. The van der Waals surface area contributed by atoms with Crippen molar-refractivity contribution in [3.05, 3.63) is 18.5 Å². The Balaban J connectivity index is 1.95. The average Bonchev–Trinajstić information content (AvgIpc) is 3.02. The first-order valence-electron chi connectivity index (χ1n) is 7.12. The van der Waals surface area contributed by atoms with Gasteiger partial charge in [-0.05, 0) is 32.3 Å². The second kappa shape index (κ2) is 5.85. The molecule has 0 aliphatic carbocycles. The van der Waals surface area contributed by atoms with Gasteiger partial charge in [0.2, 0.25) is 11.9 Å². The summed E-state index contributed by atoms with van der Waals surface area (Å²) in [5.41, 5.74) is 0. The maximum atomic E-state index is 4.55. The third-order valence-electron chi connectivity index (χ3n) is 3.29. The van der Waals surface area contributed by atoms with Crippen LogP contribution < -0.4 is 10.2 Å². The summed E-state index contributed by atoms with van der Waals surface area (Å²) in [4.78, 5) is 15.7. The summed E-state index contributed by atoms with van der Waals surface area (Å²) in [6, 6.07) is 1.86. The van der Waals surface area contributed by atoms with E-state index in [1.54, 1.807) is 10.9 Å². The van der Waals surface area contributed by atoms with Crippen LogP contribution in [-0.2, 0) is 0 Å². The predicted molar refractivity (Wildman–Crippen MR) is 77.2 cm³/mol. The standard InChI is InChI=1S/C13H19N7/c1-2-14-11-16-12(19-8-4-3-5-9-19)18-13(17-11)20-10-6-7-15-20/h6-7,10H,2-5,8-9H2,1H3,(H,14,16,17,18). The summed E-state index contributed by atoms with van der Waals surface area (Å²) < 4.78 is 1.66. The van der Waals surface area contributed by atoms with Gasteiger partial charge in [0.15, 0.2) is 0 Å². The van der Waals surface area contributed by atoms with E-state index < -0.39 is 0 Å². The van der Waals surface area contributed by atoms with Gasteiger partial charge < -0.3 is 10.2 Å². The average molecular weight is 273 g/mol. The molecule has 0 atom stereocenters. The molecule has 2 aromatic heterocycles. The highest BCUT2D eigenvalue weighted by Crippen LogP contribution is 2.17. The molecule has 0 amide bonds. The molecule has 1 aliphatic rings. The van der Waals surface area contributed by atoms with Crippen LogP contribution >= 0.6 is 0 Å². The van der Waals surface area contributed by atoms with Crippen LogP contribution in [0.4, 0.5) is 11.9 Å². The van der Waals surface area contributed by atoms with Crippen molar-refractivity contribution < 1.29 is 0 Å². The highest BCUT2D eigenvalue weighted by molar-refractivity contribution is 5.40. The molecule has 0 radical (unpaired) electrons. The van der Waals surface area contributed by atoms with Gasteiger partial charge >= 0.3 is 0 Å². The quantitative estimate of drug-likeness (QED) is 0.909. The van der Waals surface area contributed by atoms with E-state index in [-0.39, 0.29) is 0 Å². The van der Waals surface area contributed by atoms with Gasteiger partial charge in [0.25, 0.3) is 5.95 Å². The summed E-state index contributed by atoms with van der Waals surface area (Å²) in [5, 5.41) is 7.35. The van der Waals surface area contributed by atoms with Crippen molar-refractivity contribution in [3.63, 3.8) is 0 Å². The SMILES string of the molecule is CCNc1nc(N2CCCCC2)nc(-n2cccn2)n1. The highest BCUT2D eigenvalue weighted by atomic mass is 15.4. The number of anilines is 2. The van der Waals surface area contributed by atoms with E-state index in [9.17, 15) is 0 Å². The Morgan fingerprint density at radius 1 is 1.10 bits per heavy atom. The summed E-state index contributed by atoms with van der Waals surface area (Å²) in [7, 11) is 0. The Bertz CT molecular complexity index is 546. The molecule has 3 rings (SSSR count). The Morgan fingerprint density at radius 3 is 2.60 bits per heavy atom. The maximum absolute atomic E-state index is 4.55. The van der Waals surface area contributed by atoms with Gasteiger partial charge in [0.1, 0.15) is 0 Å². The number of rotatable bonds is 4. The minimum atomic E-state index is 0.557. The van der Waals surface area contributed by atoms with E-state index >= 15 is 0 Å². The maximum Gasteiger partial charge on any atom is 0.257 e. The van der Waals surface area contributed by atoms with E-state index in [1.807, 2.05) is 19.2 Å². The van der Waals surface area contributed by atoms with Gasteiger partial charge in [0, 0.05) is 32.0 Å². The topological polar surface area (TPSA) is 71.8 Å². The predicted octanol–water partition coefficient (Wildman–Crippen LogP) is 1.48. The molecule has 2 aromatic rings. The van der Waals surface area contributed by atoms with E-state index in [2.05, 4.69) is 30.3 Å². The molecule has 0 spiro atoms. The second-order valence-corrected chi connectivity index (χ2v) is 4.79. The van der Waals surface area contributed by atoms with Crippen LogP contribution in [0.15, 0.2) is 18.5 Å².